The number of halogens is 1. The number of benzene rings is 1. The Kier molecular flexibility index (Phi) is 4.37. The predicted molar refractivity (Wildman–Crippen MR) is 85.4 cm³/mol. The van der Waals surface area contributed by atoms with Gasteiger partial charge in [0, 0.05) is 16.1 Å². The topological polar surface area (TPSA) is 102 Å². The zero-order valence-corrected chi connectivity index (χ0v) is 13.9. The normalized spacial score (nSPS) is 15.0. The maximum Gasteiger partial charge on any atom is 0.321 e. The lowest BCUT2D eigenvalue weighted by Gasteiger charge is -2.10. The van der Waals surface area contributed by atoms with Crippen molar-refractivity contribution in [3.8, 4) is 11.4 Å². The molecule has 1 unspecified atom stereocenters. The van der Waals surface area contributed by atoms with E-state index in [1.807, 2.05) is 24.3 Å². The highest BCUT2D eigenvalue weighted by atomic mass is 79.9. The van der Waals surface area contributed by atoms with Crippen molar-refractivity contribution >= 4 is 27.9 Å². The number of imide groups is 1. The summed E-state index contributed by atoms with van der Waals surface area (Å²) in [5.41, 5.74) is 0.790. The molecule has 1 aromatic heterocycles. The van der Waals surface area contributed by atoms with E-state index in [2.05, 4.69) is 42.0 Å². The molecule has 1 heterocycles. The van der Waals surface area contributed by atoms with Crippen molar-refractivity contribution in [1.82, 2.24) is 30.8 Å². The van der Waals surface area contributed by atoms with Crippen LogP contribution in [0.25, 0.3) is 11.4 Å². The average molecular weight is 379 g/mol. The Labute approximate surface area is 140 Å². The van der Waals surface area contributed by atoms with Crippen LogP contribution >= 0.6 is 15.9 Å². The lowest BCUT2D eigenvalue weighted by molar-refractivity contribution is -0.123. The highest BCUT2D eigenvalue weighted by molar-refractivity contribution is 9.10. The number of hydrogen-bond donors (Lipinski definition) is 2. The molecule has 2 N–H and O–H groups in total. The molecule has 23 heavy (non-hydrogen) atoms. The van der Waals surface area contributed by atoms with Crippen LogP contribution in [0.15, 0.2) is 28.7 Å². The van der Waals surface area contributed by atoms with Gasteiger partial charge in [-0.1, -0.05) is 15.9 Å². The van der Waals surface area contributed by atoms with E-state index in [4.69, 9.17) is 0 Å². The first-order chi connectivity index (χ1) is 11.0. The number of carbonyl (C=O) groups is 2. The fourth-order valence-corrected chi connectivity index (χ4v) is 2.14. The molecule has 0 saturated heterocycles. The second-order valence-electron chi connectivity index (χ2n) is 5.35. The number of aromatic nitrogens is 4. The number of nitrogens with zero attached hydrogens (tertiary/aromatic N) is 4. The third kappa shape index (κ3) is 3.92. The number of hydrogen-bond acceptors (Lipinski definition) is 5. The Balaban J connectivity index is 1.65. The van der Waals surface area contributed by atoms with Gasteiger partial charge in [-0.3, -0.25) is 10.1 Å². The molecular formula is C14H15BrN6O2. The summed E-state index contributed by atoms with van der Waals surface area (Å²) in [6, 6.07) is 6.39. The van der Waals surface area contributed by atoms with Gasteiger partial charge in [-0.15, -0.1) is 10.2 Å². The molecule has 1 aromatic carbocycles. The molecule has 1 fully saturated rings. The summed E-state index contributed by atoms with van der Waals surface area (Å²) in [5.74, 6) is -0.0671. The second kappa shape index (κ2) is 6.45. The molecule has 1 saturated carbocycles. The van der Waals surface area contributed by atoms with Crippen LogP contribution in [0.4, 0.5) is 4.79 Å². The molecule has 1 aliphatic rings. The first kappa shape index (κ1) is 15.6. The lowest BCUT2D eigenvalue weighted by atomic mass is 10.2. The molecular weight excluding hydrogens is 364 g/mol. The Morgan fingerprint density at radius 2 is 2.00 bits per heavy atom. The molecule has 2 aromatic rings. The molecule has 8 nitrogen and oxygen atoms in total. The lowest BCUT2D eigenvalue weighted by Crippen LogP contribution is -2.43. The highest BCUT2D eigenvalue weighted by Gasteiger charge is 2.26. The Morgan fingerprint density at radius 1 is 1.30 bits per heavy atom. The molecule has 120 valence electrons. The van der Waals surface area contributed by atoms with Gasteiger partial charge in [0.25, 0.3) is 5.91 Å². The quantitative estimate of drug-likeness (QED) is 0.841. The van der Waals surface area contributed by atoms with E-state index in [9.17, 15) is 9.59 Å². The monoisotopic (exact) mass is 378 g/mol. The fraction of sp³-hybridized carbons (Fsp3) is 0.357. The first-order valence-corrected chi connectivity index (χ1v) is 7.99. The number of carbonyl (C=O) groups excluding carboxylic acids is 2. The number of nitrogens with one attached hydrogen (secondary N) is 2. The molecule has 9 heteroatoms. The summed E-state index contributed by atoms with van der Waals surface area (Å²) in [6.45, 7) is 1.60. The van der Waals surface area contributed by atoms with Gasteiger partial charge in [-0.2, -0.15) is 4.80 Å². The van der Waals surface area contributed by atoms with Gasteiger partial charge in [0.1, 0.15) is 6.04 Å². The first-order valence-electron chi connectivity index (χ1n) is 7.20. The van der Waals surface area contributed by atoms with Crippen molar-refractivity contribution in [2.75, 3.05) is 0 Å². The molecule has 0 spiro atoms. The minimum Gasteiger partial charge on any atom is -0.335 e. The third-order valence-corrected chi connectivity index (χ3v) is 3.93. The van der Waals surface area contributed by atoms with E-state index in [0.29, 0.717) is 5.82 Å². The number of urea groups is 1. The smallest absolute Gasteiger partial charge is 0.321 e. The van der Waals surface area contributed by atoms with Crippen molar-refractivity contribution in [3.63, 3.8) is 0 Å². The van der Waals surface area contributed by atoms with Crippen LogP contribution in [0.3, 0.4) is 0 Å². The van der Waals surface area contributed by atoms with Gasteiger partial charge in [0.05, 0.1) is 0 Å². The van der Waals surface area contributed by atoms with E-state index >= 15 is 0 Å². The van der Waals surface area contributed by atoms with E-state index in [1.165, 1.54) is 4.80 Å². The SMILES string of the molecule is CC(C(=O)NC(=O)NC1CC1)n1nnc(-c2ccc(Br)cc2)n1. The molecule has 0 bridgehead atoms. The summed E-state index contributed by atoms with van der Waals surface area (Å²) >= 11 is 3.36. The summed E-state index contributed by atoms with van der Waals surface area (Å²) in [7, 11) is 0. The van der Waals surface area contributed by atoms with Gasteiger partial charge in [0.2, 0.25) is 5.82 Å². The number of rotatable bonds is 4. The summed E-state index contributed by atoms with van der Waals surface area (Å²) in [4.78, 5) is 24.8. The van der Waals surface area contributed by atoms with Gasteiger partial charge in [-0.25, -0.2) is 4.79 Å². The maximum absolute atomic E-state index is 12.0. The summed E-state index contributed by atoms with van der Waals surface area (Å²) in [5, 5.41) is 17.0. The number of amides is 3. The molecule has 1 aliphatic carbocycles. The van der Waals surface area contributed by atoms with Crippen LogP contribution in [-0.2, 0) is 4.79 Å². The minimum absolute atomic E-state index is 0.187. The molecule has 1 atom stereocenters. The van der Waals surface area contributed by atoms with Gasteiger partial charge < -0.3 is 5.32 Å². The summed E-state index contributed by atoms with van der Waals surface area (Å²) < 4.78 is 0.947. The molecule has 3 rings (SSSR count). The highest BCUT2D eigenvalue weighted by Crippen LogP contribution is 2.19. The fourth-order valence-electron chi connectivity index (χ4n) is 1.87. The minimum atomic E-state index is -0.739. The van der Waals surface area contributed by atoms with Crippen molar-refractivity contribution < 1.29 is 9.59 Å². The van der Waals surface area contributed by atoms with E-state index in [0.717, 1.165) is 22.9 Å². The van der Waals surface area contributed by atoms with Crippen LogP contribution in [0.5, 0.6) is 0 Å². The van der Waals surface area contributed by atoms with E-state index in [1.54, 1.807) is 6.92 Å². The Hall–Kier alpha value is -2.29. The standard InChI is InChI=1S/C14H15BrN6O2/c1-8(13(22)17-14(23)16-11-6-7-11)21-19-12(18-20-21)9-2-4-10(15)5-3-9/h2-5,8,11H,6-7H2,1H3,(H2,16,17,22,23). The van der Waals surface area contributed by atoms with Crippen LogP contribution < -0.4 is 10.6 Å². The number of tetrazole rings is 1. The molecule has 3 amide bonds. The molecule has 0 radical (unpaired) electrons. The second-order valence-corrected chi connectivity index (χ2v) is 6.27. The maximum atomic E-state index is 12.0. The van der Waals surface area contributed by atoms with Crippen LogP contribution in [0, 0.1) is 0 Å². The van der Waals surface area contributed by atoms with Gasteiger partial charge in [-0.05, 0) is 49.2 Å². The van der Waals surface area contributed by atoms with E-state index in [-0.39, 0.29) is 6.04 Å². The van der Waals surface area contributed by atoms with Crippen molar-refractivity contribution in [3.05, 3.63) is 28.7 Å². The molecule has 0 aliphatic heterocycles. The largest absolute Gasteiger partial charge is 0.335 e. The van der Waals surface area contributed by atoms with Crippen molar-refractivity contribution in [2.24, 2.45) is 0 Å². The Morgan fingerprint density at radius 3 is 2.65 bits per heavy atom. The van der Waals surface area contributed by atoms with Gasteiger partial charge >= 0.3 is 6.03 Å². The zero-order chi connectivity index (χ0) is 16.4. The van der Waals surface area contributed by atoms with Gasteiger partial charge in [0.15, 0.2) is 0 Å². The average Bonchev–Trinajstić information content (AvgIpc) is 3.19. The van der Waals surface area contributed by atoms with Crippen LogP contribution in [-0.4, -0.2) is 38.2 Å². The summed E-state index contributed by atoms with van der Waals surface area (Å²) in [6.07, 6.45) is 1.91. The van der Waals surface area contributed by atoms with Crippen molar-refractivity contribution in [1.29, 1.82) is 0 Å². The van der Waals surface area contributed by atoms with E-state index < -0.39 is 18.0 Å². The van der Waals surface area contributed by atoms with Crippen LogP contribution in [0.1, 0.15) is 25.8 Å². The zero-order valence-electron chi connectivity index (χ0n) is 12.4. The Bertz CT molecular complexity index is 725. The predicted octanol–water partition coefficient (Wildman–Crippen LogP) is 1.65. The van der Waals surface area contributed by atoms with Crippen molar-refractivity contribution in [2.45, 2.75) is 31.8 Å². The third-order valence-electron chi connectivity index (χ3n) is 3.41. The van der Waals surface area contributed by atoms with Crippen LogP contribution in [0.2, 0.25) is 0 Å².